The molecule has 0 aliphatic carbocycles. The van der Waals surface area contributed by atoms with Crippen LogP contribution >= 0.6 is 0 Å². The number of amides is 2. The minimum absolute atomic E-state index is 0.188. The van der Waals surface area contributed by atoms with E-state index in [-0.39, 0.29) is 24.0 Å². The van der Waals surface area contributed by atoms with Crippen LogP contribution in [0, 0.1) is 5.92 Å². The molecule has 6 nitrogen and oxygen atoms in total. The molecule has 6 heteroatoms. The van der Waals surface area contributed by atoms with Crippen molar-refractivity contribution in [3.8, 4) is 0 Å². The molecular formula is C20H22N2O4. The van der Waals surface area contributed by atoms with Gasteiger partial charge in [-0.3, -0.25) is 9.59 Å². The van der Waals surface area contributed by atoms with E-state index in [2.05, 4.69) is 10.6 Å². The van der Waals surface area contributed by atoms with Crippen molar-refractivity contribution in [3.63, 3.8) is 0 Å². The van der Waals surface area contributed by atoms with Crippen LogP contribution in [-0.2, 0) is 9.53 Å². The van der Waals surface area contributed by atoms with E-state index in [1.807, 2.05) is 19.9 Å². The Hall–Kier alpha value is -3.15. The Kier molecular flexibility index (Phi) is 6.91. The number of esters is 1. The van der Waals surface area contributed by atoms with Crippen molar-refractivity contribution in [2.45, 2.75) is 13.8 Å². The third-order valence-electron chi connectivity index (χ3n) is 3.47. The van der Waals surface area contributed by atoms with Gasteiger partial charge in [0, 0.05) is 12.1 Å². The molecule has 0 fully saturated rings. The lowest BCUT2D eigenvalue weighted by molar-refractivity contribution is -0.124. The summed E-state index contributed by atoms with van der Waals surface area (Å²) >= 11 is 0. The minimum Gasteiger partial charge on any atom is -0.452 e. The molecule has 0 bridgehead atoms. The SMILES string of the molecule is CC(C)CNC(=O)COC(=O)c1ccccc1NC(=O)c1ccccc1. The molecule has 2 amide bonds. The largest absolute Gasteiger partial charge is 0.452 e. The van der Waals surface area contributed by atoms with Crippen molar-refractivity contribution in [2.24, 2.45) is 5.92 Å². The molecule has 2 N–H and O–H groups in total. The van der Waals surface area contributed by atoms with Crippen LogP contribution in [0.15, 0.2) is 54.6 Å². The average Bonchev–Trinajstić information content (AvgIpc) is 2.65. The average molecular weight is 354 g/mol. The first kappa shape index (κ1) is 19.2. The van der Waals surface area contributed by atoms with E-state index in [0.29, 0.717) is 23.7 Å². The van der Waals surface area contributed by atoms with E-state index in [9.17, 15) is 14.4 Å². The second kappa shape index (κ2) is 9.36. The number of hydrogen-bond donors (Lipinski definition) is 2. The highest BCUT2D eigenvalue weighted by molar-refractivity contribution is 6.08. The Balaban J connectivity index is 2.00. The summed E-state index contributed by atoms with van der Waals surface area (Å²) in [5.41, 5.74) is 0.992. The van der Waals surface area contributed by atoms with Gasteiger partial charge in [0.05, 0.1) is 11.3 Å². The van der Waals surface area contributed by atoms with Crippen molar-refractivity contribution >= 4 is 23.5 Å². The molecule has 2 aromatic carbocycles. The summed E-state index contributed by atoms with van der Waals surface area (Å²) < 4.78 is 5.05. The zero-order chi connectivity index (χ0) is 18.9. The Morgan fingerprint density at radius 2 is 1.62 bits per heavy atom. The van der Waals surface area contributed by atoms with Crippen LogP contribution in [0.2, 0.25) is 0 Å². The molecule has 0 radical (unpaired) electrons. The minimum atomic E-state index is -0.673. The molecule has 0 spiro atoms. The molecule has 0 saturated carbocycles. The highest BCUT2D eigenvalue weighted by Gasteiger charge is 2.16. The fourth-order valence-electron chi connectivity index (χ4n) is 2.13. The standard InChI is InChI=1S/C20H22N2O4/c1-14(2)12-21-18(23)13-26-20(25)16-10-6-7-11-17(16)22-19(24)15-8-4-3-5-9-15/h3-11,14H,12-13H2,1-2H3,(H,21,23)(H,22,24). The van der Waals surface area contributed by atoms with E-state index in [4.69, 9.17) is 4.74 Å². The van der Waals surface area contributed by atoms with Crippen LogP contribution in [0.3, 0.4) is 0 Å². The molecule has 0 saturated heterocycles. The molecule has 0 heterocycles. The molecule has 0 aromatic heterocycles. The fraction of sp³-hybridized carbons (Fsp3) is 0.250. The molecule has 0 aliphatic heterocycles. The lowest BCUT2D eigenvalue weighted by Crippen LogP contribution is -2.31. The molecule has 0 unspecified atom stereocenters. The summed E-state index contributed by atoms with van der Waals surface area (Å²) in [7, 11) is 0. The van der Waals surface area contributed by atoms with E-state index < -0.39 is 5.97 Å². The third kappa shape index (κ3) is 5.73. The van der Waals surface area contributed by atoms with E-state index in [0.717, 1.165) is 0 Å². The quantitative estimate of drug-likeness (QED) is 0.749. The van der Waals surface area contributed by atoms with Gasteiger partial charge in [0.1, 0.15) is 0 Å². The van der Waals surface area contributed by atoms with Gasteiger partial charge in [0.25, 0.3) is 11.8 Å². The Morgan fingerprint density at radius 1 is 0.962 bits per heavy atom. The maximum absolute atomic E-state index is 12.3. The van der Waals surface area contributed by atoms with Crippen molar-refractivity contribution in [2.75, 3.05) is 18.5 Å². The molecule has 2 aromatic rings. The summed E-state index contributed by atoms with van der Waals surface area (Å²) in [5, 5.41) is 5.37. The topological polar surface area (TPSA) is 84.5 Å². The highest BCUT2D eigenvalue weighted by atomic mass is 16.5. The number of nitrogens with one attached hydrogen (secondary N) is 2. The van der Waals surface area contributed by atoms with Crippen molar-refractivity contribution < 1.29 is 19.1 Å². The predicted octanol–water partition coefficient (Wildman–Crippen LogP) is 2.87. The summed E-state index contributed by atoms with van der Waals surface area (Å²) in [6.07, 6.45) is 0. The molecule has 0 aliphatic rings. The highest BCUT2D eigenvalue weighted by Crippen LogP contribution is 2.17. The van der Waals surface area contributed by atoms with Gasteiger partial charge in [-0.15, -0.1) is 0 Å². The Bertz CT molecular complexity index is 772. The number of para-hydroxylation sites is 1. The number of ether oxygens (including phenoxy) is 1. The van der Waals surface area contributed by atoms with Gasteiger partial charge in [0.2, 0.25) is 0 Å². The normalized spacial score (nSPS) is 10.3. The maximum atomic E-state index is 12.3. The summed E-state index contributed by atoms with van der Waals surface area (Å²) in [5.74, 6) is -1.06. The van der Waals surface area contributed by atoms with Gasteiger partial charge in [0.15, 0.2) is 6.61 Å². The van der Waals surface area contributed by atoms with Crippen molar-refractivity contribution in [1.82, 2.24) is 5.32 Å². The molecule has 2 rings (SSSR count). The van der Waals surface area contributed by atoms with E-state index in [1.54, 1.807) is 42.5 Å². The summed E-state index contributed by atoms with van der Waals surface area (Å²) in [6, 6.07) is 15.2. The first-order valence-corrected chi connectivity index (χ1v) is 8.36. The van der Waals surface area contributed by atoms with E-state index >= 15 is 0 Å². The van der Waals surface area contributed by atoms with Crippen LogP contribution in [0.25, 0.3) is 0 Å². The zero-order valence-electron chi connectivity index (χ0n) is 14.8. The van der Waals surface area contributed by atoms with Gasteiger partial charge in [-0.2, -0.15) is 0 Å². The first-order valence-electron chi connectivity index (χ1n) is 8.36. The van der Waals surface area contributed by atoms with Crippen molar-refractivity contribution in [3.05, 3.63) is 65.7 Å². The lowest BCUT2D eigenvalue weighted by atomic mass is 10.1. The zero-order valence-corrected chi connectivity index (χ0v) is 14.8. The van der Waals surface area contributed by atoms with Crippen LogP contribution in [0.4, 0.5) is 5.69 Å². The number of carbonyl (C=O) groups excluding carboxylic acids is 3. The molecule has 26 heavy (non-hydrogen) atoms. The maximum Gasteiger partial charge on any atom is 0.340 e. The monoisotopic (exact) mass is 354 g/mol. The first-order chi connectivity index (χ1) is 12.5. The second-order valence-electron chi connectivity index (χ2n) is 6.14. The van der Waals surface area contributed by atoms with Crippen molar-refractivity contribution in [1.29, 1.82) is 0 Å². The number of hydrogen-bond acceptors (Lipinski definition) is 4. The van der Waals surface area contributed by atoms with Crippen LogP contribution < -0.4 is 10.6 Å². The molecular weight excluding hydrogens is 332 g/mol. The number of anilines is 1. The van der Waals surface area contributed by atoms with Gasteiger partial charge >= 0.3 is 5.97 Å². The predicted molar refractivity (Wildman–Crippen MR) is 99.0 cm³/mol. The summed E-state index contributed by atoms with van der Waals surface area (Å²) in [4.78, 5) is 36.2. The molecule has 0 atom stereocenters. The van der Waals surface area contributed by atoms with Gasteiger partial charge in [-0.1, -0.05) is 44.2 Å². The smallest absolute Gasteiger partial charge is 0.340 e. The van der Waals surface area contributed by atoms with Crippen LogP contribution in [0.5, 0.6) is 0 Å². The molecule has 136 valence electrons. The lowest BCUT2D eigenvalue weighted by Gasteiger charge is -2.11. The van der Waals surface area contributed by atoms with Gasteiger partial charge in [-0.25, -0.2) is 4.79 Å². The summed E-state index contributed by atoms with van der Waals surface area (Å²) in [6.45, 7) is 4.09. The van der Waals surface area contributed by atoms with E-state index in [1.165, 1.54) is 6.07 Å². The number of rotatable bonds is 7. The van der Waals surface area contributed by atoms with Crippen LogP contribution in [-0.4, -0.2) is 30.9 Å². The number of benzene rings is 2. The van der Waals surface area contributed by atoms with Gasteiger partial charge in [-0.05, 0) is 30.2 Å². The Morgan fingerprint density at radius 3 is 2.31 bits per heavy atom. The fourth-order valence-corrected chi connectivity index (χ4v) is 2.13. The van der Waals surface area contributed by atoms with Crippen LogP contribution in [0.1, 0.15) is 34.6 Å². The second-order valence-corrected chi connectivity index (χ2v) is 6.14. The Labute approximate surface area is 152 Å². The third-order valence-corrected chi connectivity index (χ3v) is 3.47. The van der Waals surface area contributed by atoms with Gasteiger partial charge < -0.3 is 15.4 Å². The number of carbonyl (C=O) groups is 3.